The topological polar surface area (TPSA) is 57.5 Å². The lowest BCUT2D eigenvalue weighted by atomic mass is 9.89. The standard InChI is InChI=1S/C13H17BrO3/c1-13(2,17)8-10(12(15)16)7-9-3-5-11(14)6-4-9/h3-6,10,17H,7-8H2,1-2H3,(H,15,16). The van der Waals surface area contributed by atoms with E-state index in [1.807, 2.05) is 24.3 Å². The van der Waals surface area contributed by atoms with Gasteiger partial charge in [0, 0.05) is 4.47 Å². The Labute approximate surface area is 110 Å². The second kappa shape index (κ2) is 5.65. The molecule has 0 aliphatic heterocycles. The van der Waals surface area contributed by atoms with Crippen molar-refractivity contribution >= 4 is 21.9 Å². The van der Waals surface area contributed by atoms with Crippen molar-refractivity contribution in [3.05, 3.63) is 34.3 Å². The predicted molar refractivity (Wildman–Crippen MR) is 69.9 cm³/mol. The van der Waals surface area contributed by atoms with Crippen molar-refractivity contribution in [1.82, 2.24) is 0 Å². The minimum Gasteiger partial charge on any atom is -0.481 e. The Kier molecular flexibility index (Phi) is 4.71. The highest BCUT2D eigenvalue weighted by molar-refractivity contribution is 9.10. The van der Waals surface area contributed by atoms with Crippen molar-refractivity contribution in [3.63, 3.8) is 0 Å². The fourth-order valence-electron chi connectivity index (χ4n) is 1.75. The lowest BCUT2D eigenvalue weighted by Gasteiger charge is -2.22. The molecule has 3 nitrogen and oxygen atoms in total. The summed E-state index contributed by atoms with van der Waals surface area (Å²) in [7, 11) is 0. The number of rotatable bonds is 5. The second-order valence-electron chi connectivity index (χ2n) is 4.88. The molecule has 94 valence electrons. The predicted octanol–water partition coefficient (Wildman–Crippen LogP) is 2.85. The van der Waals surface area contributed by atoms with Crippen LogP contribution in [0.15, 0.2) is 28.7 Å². The number of hydrogen-bond acceptors (Lipinski definition) is 2. The van der Waals surface area contributed by atoms with Crippen molar-refractivity contribution in [1.29, 1.82) is 0 Å². The van der Waals surface area contributed by atoms with E-state index in [1.54, 1.807) is 13.8 Å². The van der Waals surface area contributed by atoms with Crippen molar-refractivity contribution in [2.45, 2.75) is 32.3 Å². The highest BCUT2D eigenvalue weighted by atomic mass is 79.9. The largest absolute Gasteiger partial charge is 0.481 e. The van der Waals surface area contributed by atoms with Gasteiger partial charge < -0.3 is 10.2 Å². The lowest BCUT2D eigenvalue weighted by molar-refractivity contribution is -0.143. The Morgan fingerprint density at radius 3 is 2.29 bits per heavy atom. The first-order valence-corrected chi connectivity index (χ1v) is 6.27. The molecule has 1 rings (SSSR count). The zero-order chi connectivity index (χ0) is 13.1. The molecule has 1 unspecified atom stereocenters. The minimum atomic E-state index is -0.960. The summed E-state index contributed by atoms with van der Waals surface area (Å²) in [4.78, 5) is 11.1. The zero-order valence-electron chi connectivity index (χ0n) is 9.98. The fourth-order valence-corrected chi connectivity index (χ4v) is 2.02. The molecule has 0 radical (unpaired) electrons. The number of carbonyl (C=O) groups is 1. The summed E-state index contributed by atoms with van der Waals surface area (Å²) < 4.78 is 0.968. The molecule has 0 aromatic heterocycles. The summed E-state index contributed by atoms with van der Waals surface area (Å²) >= 11 is 3.33. The van der Waals surface area contributed by atoms with E-state index in [0.29, 0.717) is 6.42 Å². The lowest BCUT2D eigenvalue weighted by Crippen LogP contribution is -2.28. The van der Waals surface area contributed by atoms with Crippen molar-refractivity contribution < 1.29 is 15.0 Å². The van der Waals surface area contributed by atoms with Gasteiger partial charge in [0.25, 0.3) is 0 Å². The molecular formula is C13H17BrO3. The molecule has 0 saturated carbocycles. The number of carboxylic acid groups (broad SMARTS) is 1. The van der Waals surface area contributed by atoms with E-state index in [4.69, 9.17) is 5.11 Å². The summed E-state index contributed by atoms with van der Waals surface area (Å²) in [6.07, 6.45) is 0.686. The van der Waals surface area contributed by atoms with Gasteiger partial charge in [0.1, 0.15) is 0 Å². The summed E-state index contributed by atoms with van der Waals surface area (Å²) in [5.74, 6) is -1.42. The Bertz CT molecular complexity index is 379. The molecule has 2 N–H and O–H groups in total. The maximum atomic E-state index is 11.1. The van der Waals surface area contributed by atoms with Gasteiger partial charge in [-0.3, -0.25) is 4.79 Å². The Morgan fingerprint density at radius 2 is 1.88 bits per heavy atom. The summed E-state index contributed by atoms with van der Waals surface area (Å²) in [6.45, 7) is 3.26. The Hall–Kier alpha value is -0.870. The molecule has 1 atom stereocenters. The summed E-state index contributed by atoms with van der Waals surface area (Å²) in [5.41, 5.74) is 0.00292. The highest BCUT2D eigenvalue weighted by Gasteiger charge is 2.25. The van der Waals surface area contributed by atoms with Crippen LogP contribution in [-0.2, 0) is 11.2 Å². The highest BCUT2D eigenvalue weighted by Crippen LogP contribution is 2.21. The van der Waals surface area contributed by atoms with Gasteiger partial charge in [0.15, 0.2) is 0 Å². The molecule has 4 heteroatoms. The molecular weight excluding hydrogens is 284 g/mol. The van der Waals surface area contributed by atoms with Crippen LogP contribution in [0.4, 0.5) is 0 Å². The van der Waals surface area contributed by atoms with Crippen LogP contribution in [0.2, 0.25) is 0 Å². The molecule has 0 fully saturated rings. The SMILES string of the molecule is CC(C)(O)CC(Cc1ccc(Br)cc1)C(=O)O. The number of halogens is 1. The van der Waals surface area contributed by atoms with Gasteiger partial charge in [0.2, 0.25) is 0 Å². The van der Waals surface area contributed by atoms with Crippen LogP contribution < -0.4 is 0 Å². The number of carboxylic acids is 1. The van der Waals surface area contributed by atoms with E-state index >= 15 is 0 Å². The normalized spacial score (nSPS) is 13.4. The first-order chi connectivity index (χ1) is 7.78. The molecule has 0 aliphatic rings. The molecule has 0 aliphatic carbocycles. The average Bonchev–Trinajstić information content (AvgIpc) is 2.18. The third-order valence-corrected chi connectivity index (χ3v) is 3.02. The van der Waals surface area contributed by atoms with E-state index in [1.165, 1.54) is 0 Å². The maximum Gasteiger partial charge on any atom is 0.306 e. The van der Waals surface area contributed by atoms with Crippen LogP contribution in [0.25, 0.3) is 0 Å². The average molecular weight is 301 g/mol. The first kappa shape index (κ1) is 14.2. The van der Waals surface area contributed by atoms with Crippen LogP contribution in [0.3, 0.4) is 0 Å². The van der Waals surface area contributed by atoms with Gasteiger partial charge in [-0.1, -0.05) is 28.1 Å². The van der Waals surface area contributed by atoms with Gasteiger partial charge in [-0.2, -0.15) is 0 Å². The van der Waals surface area contributed by atoms with E-state index < -0.39 is 17.5 Å². The molecule has 0 bridgehead atoms. The minimum absolute atomic E-state index is 0.248. The van der Waals surface area contributed by atoms with Gasteiger partial charge in [-0.05, 0) is 44.4 Å². The van der Waals surface area contributed by atoms with E-state index in [9.17, 15) is 9.90 Å². The molecule has 17 heavy (non-hydrogen) atoms. The summed E-state index contributed by atoms with van der Waals surface area (Å²) in [5, 5.41) is 18.8. The van der Waals surface area contributed by atoms with Crippen molar-refractivity contribution in [2.24, 2.45) is 5.92 Å². The molecule has 0 spiro atoms. The van der Waals surface area contributed by atoms with Gasteiger partial charge in [0.05, 0.1) is 11.5 Å². The molecule has 1 aromatic carbocycles. The maximum absolute atomic E-state index is 11.1. The molecule has 0 heterocycles. The third kappa shape index (κ3) is 5.33. The number of aliphatic carboxylic acids is 1. The van der Waals surface area contributed by atoms with Gasteiger partial charge in [-0.15, -0.1) is 0 Å². The van der Waals surface area contributed by atoms with E-state index in [0.717, 1.165) is 10.0 Å². The smallest absolute Gasteiger partial charge is 0.306 e. The zero-order valence-corrected chi connectivity index (χ0v) is 11.6. The van der Waals surface area contributed by atoms with Crippen LogP contribution >= 0.6 is 15.9 Å². The number of benzene rings is 1. The third-order valence-electron chi connectivity index (χ3n) is 2.49. The van der Waals surface area contributed by atoms with E-state index in [-0.39, 0.29) is 6.42 Å². The summed E-state index contributed by atoms with van der Waals surface area (Å²) in [6, 6.07) is 7.56. The molecule has 0 amide bonds. The van der Waals surface area contributed by atoms with Crippen molar-refractivity contribution in [3.8, 4) is 0 Å². The number of aliphatic hydroxyl groups is 1. The van der Waals surface area contributed by atoms with E-state index in [2.05, 4.69) is 15.9 Å². The number of hydrogen-bond donors (Lipinski definition) is 2. The van der Waals surface area contributed by atoms with Crippen LogP contribution in [0.1, 0.15) is 25.8 Å². The Balaban J connectivity index is 2.73. The van der Waals surface area contributed by atoms with Crippen LogP contribution in [0, 0.1) is 5.92 Å². The fraction of sp³-hybridized carbons (Fsp3) is 0.462. The van der Waals surface area contributed by atoms with Crippen LogP contribution in [-0.4, -0.2) is 21.8 Å². The monoisotopic (exact) mass is 300 g/mol. The molecule has 1 aromatic rings. The van der Waals surface area contributed by atoms with Crippen LogP contribution in [0.5, 0.6) is 0 Å². The molecule has 0 saturated heterocycles. The first-order valence-electron chi connectivity index (χ1n) is 5.47. The van der Waals surface area contributed by atoms with Gasteiger partial charge in [-0.25, -0.2) is 0 Å². The van der Waals surface area contributed by atoms with Gasteiger partial charge >= 0.3 is 5.97 Å². The second-order valence-corrected chi connectivity index (χ2v) is 5.80. The Morgan fingerprint density at radius 1 is 1.35 bits per heavy atom. The van der Waals surface area contributed by atoms with Crippen molar-refractivity contribution in [2.75, 3.05) is 0 Å². The quantitative estimate of drug-likeness (QED) is 0.879.